The monoisotopic (exact) mass is 302 g/mol. The fourth-order valence-corrected chi connectivity index (χ4v) is 2.87. The Morgan fingerprint density at radius 2 is 2.23 bits per heavy atom. The van der Waals surface area contributed by atoms with Gasteiger partial charge in [0.2, 0.25) is 11.8 Å². The molecule has 116 valence electrons. The normalized spacial score (nSPS) is 21.3. The molecule has 3 rings (SSSR count). The number of likely N-dealkylation sites (tertiary alicyclic amines) is 1. The molecule has 1 aromatic carbocycles. The van der Waals surface area contributed by atoms with E-state index in [-0.39, 0.29) is 24.3 Å². The predicted octanol–water partition coefficient (Wildman–Crippen LogP) is 0.0445. The van der Waals surface area contributed by atoms with E-state index in [0.29, 0.717) is 24.2 Å². The number of carbonyl (C=O) groups is 2. The number of nitrogens with zero attached hydrogens (tertiary/aromatic N) is 2. The molecule has 0 bridgehead atoms. The summed E-state index contributed by atoms with van der Waals surface area (Å²) in [6.07, 6.45) is 0.572. The molecule has 0 radical (unpaired) electrons. The second-order valence-electron chi connectivity index (χ2n) is 5.47. The summed E-state index contributed by atoms with van der Waals surface area (Å²) >= 11 is 0. The smallest absolute Gasteiger partial charge is 0.242 e. The van der Waals surface area contributed by atoms with Crippen LogP contribution in [0.1, 0.15) is 12.1 Å². The third-order valence-corrected chi connectivity index (χ3v) is 3.97. The summed E-state index contributed by atoms with van der Waals surface area (Å²) in [7, 11) is 1.56. The summed E-state index contributed by atoms with van der Waals surface area (Å²) in [5.74, 6) is -0.355. The highest BCUT2D eigenvalue weighted by atomic mass is 16.5. The number of hydrogen-bond donors (Lipinski definition) is 2. The van der Waals surface area contributed by atoms with Gasteiger partial charge in [0, 0.05) is 25.0 Å². The van der Waals surface area contributed by atoms with Crippen LogP contribution in [0, 0.1) is 0 Å². The fourth-order valence-electron chi connectivity index (χ4n) is 2.87. The fraction of sp³-hybridized carbons (Fsp3) is 0.400. The quantitative estimate of drug-likeness (QED) is 0.834. The van der Waals surface area contributed by atoms with Gasteiger partial charge in [-0.05, 0) is 18.6 Å². The van der Waals surface area contributed by atoms with Gasteiger partial charge in [-0.25, -0.2) is 0 Å². The molecule has 7 heteroatoms. The van der Waals surface area contributed by atoms with Gasteiger partial charge in [0.1, 0.15) is 11.7 Å². The first-order chi connectivity index (χ1) is 10.6. The molecular weight excluding hydrogens is 284 g/mol. The van der Waals surface area contributed by atoms with Crippen LogP contribution in [0.3, 0.4) is 0 Å². The van der Waals surface area contributed by atoms with Gasteiger partial charge in [0.25, 0.3) is 0 Å². The second kappa shape index (κ2) is 5.76. The maximum Gasteiger partial charge on any atom is 0.242 e. The van der Waals surface area contributed by atoms with Gasteiger partial charge in [0.15, 0.2) is 5.58 Å². The molecule has 2 atom stereocenters. The molecule has 2 heterocycles. The first-order valence-electron chi connectivity index (χ1n) is 7.20. The Morgan fingerprint density at radius 3 is 3.00 bits per heavy atom. The van der Waals surface area contributed by atoms with Crippen molar-refractivity contribution in [1.29, 1.82) is 0 Å². The van der Waals surface area contributed by atoms with Crippen molar-refractivity contribution in [3.05, 3.63) is 30.0 Å². The molecule has 0 spiro atoms. The van der Waals surface area contributed by atoms with E-state index >= 15 is 0 Å². The van der Waals surface area contributed by atoms with Crippen LogP contribution in [-0.4, -0.2) is 47.5 Å². The Labute approximate surface area is 127 Å². The zero-order chi connectivity index (χ0) is 15.7. The van der Waals surface area contributed by atoms with Crippen LogP contribution in [0.5, 0.6) is 0 Å². The van der Waals surface area contributed by atoms with E-state index in [4.69, 9.17) is 10.3 Å². The lowest BCUT2D eigenvalue weighted by atomic mass is 10.1. The zero-order valence-corrected chi connectivity index (χ0v) is 12.3. The van der Waals surface area contributed by atoms with Crippen molar-refractivity contribution in [2.75, 3.05) is 13.6 Å². The van der Waals surface area contributed by atoms with E-state index in [1.54, 1.807) is 13.1 Å². The minimum Gasteiger partial charge on any atom is -0.357 e. The number of aromatic nitrogens is 1. The van der Waals surface area contributed by atoms with Gasteiger partial charge < -0.3 is 20.5 Å². The Bertz CT molecular complexity index is 712. The average molecular weight is 302 g/mol. The lowest BCUT2D eigenvalue weighted by Gasteiger charge is -2.22. The Balaban J connectivity index is 1.80. The van der Waals surface area contributed by atoms with E-state index in [9.17, 15) is 9.59 Å². The van der Waals surface area contributed by atoms with Crippen LogP contribution >= 0.6 is 0 Å². The van der Waals surface area contributed by atoms with Crippen molar-refractivity contribution in [1.82, 2.24) is 15.4 Å². The largest absolute Gasteiger partial charge is 0.357 e. The number of amides is 2. The highest BCUT2D eigenvalue weighted by molar-refractivity contribution is 5.91. The van der Waals surface area contributed by atoms with E-state index in [0.717, 1.165) is 5.39 Å². The molecule has 22 heavy (non-hydrogen) atoms. The molecule has 3 N–H and O–H groups in total. The summed E-state index contributed by atoms with van der Waals surface area (Å²) in [6.45, 7) is 0.382. The van der Waals surface area contributed by atoms with E-state index in [1.807, 2.05) is 18.2 Å². The third-order valence-electron chi connectivity index (χ3n) is 3.97. The number of hydrogen-bond acceptors (Lipinski definition) is 5. The highest BCUT2D eigenvalue weighted by Crippen LogP contribution is 2.22. The number of benzene rings is 1. The zero-order valence-electron chi connectivity index (χ0n) is 12.3. The SMILES string of the molecule is CNC(=O)[C@@H]1C[C@H](N)CN1C(=O)Cc1noc2ccccc12. The van der Waals surface area contributed by atoms with Gasteiger partial charge in [-0.1, -0.05) is 17.3 Å². The Hall–Kier alpha value is -2.41. The van der Waals surface area contributed by atoms with Crippen molar-refractivity contribution in [3.63, 3.8) is 0 Å². The maximum absolute atomic E-state index is 12.5. The standard InChI is InChI=1S/C15H18N4O3/c1-17-15(21)12-6-9(16)8-19(12)14(20)7-11-10-4-2-3-5-13(10)22-18-11/h2-5,9,12H,6-8,16H2,1H3,(H,17,21)/t9-,12-/m0/s1. The van der Waals surface area contributed by atoms with E-state index in [1.165, 1.54) is 4.90 Å². The number of fused-ring (bicyclic) bond motifs is 1. The summed E-state index contributed by atoms with van der Waals surface area (Å²) < 4.78 is 5.20. The molecule has 1 saturated heterocycles. The Kier molecular flexibility index (Phi) is 3.81. The minimum atomic E-state index is -0.509. The summed E-state index contributed by atoms with van der Waals surface area (Å²) in [5, 5.41) is 7.36. The topological polar surface area (TPSA) is 101 Å². The van der Waals surface area contributed by atoms with Crippen molar-refractivity contribution in [2.24, 2.45) is 5.73 Å². The average Bonchev–Trinajstić information content (AvgIpc) is 3.11. The molecule has 1 aliphatic heterocycles. The van der Waals surface area contributed by atoms with Crippen LogP contribution in [-0.2, 0) is 16.0 Å². The van der Waals surface area contributed by atoms with Crippen LogP contribution in [0.15, 0.2) is 28.8 Å². The van der Waals surface area contributed by atoms with E-state index in [2.05, 4.69) is 10.5 Å². The maximum atomic E-state index is 12.5. The molecular formula is C15H18N4O3. The summed E-state index contributed by atoms with van der Waals surface area (Å²) in [4.78, 5) is 26.0. The van der Waals surface area contributed by atoms with Crippen molar-refractivity contribution >= 4 is 22.8 Å². The van der Waals surface area contributed by atoms with Gasteiger partial charge in [-0.2, -0.15) is 0 Å². The van der Waals surface area contributed by atoms with Crippen LogP contribution in [0.2, 0.25) is 0 Å². The first kappa shape index (κ1) is 14.5. The van der Waals surface area contributed by atoms with Crippen molar-refractivity contribution < 1.29 is 14.1 Å². The van der Waals surface area contributed by atoms with Gasteiger partial charge >= 0.3 is 0 Å². The first-order valence-corrected chi connectivity index (χ1v) is 7.20. The number of para-hydroxylation sites is 1. The summed E-state index contributed by atoms with van der Waals surface area (Å²) in [5.41, 5.74) is 7.13. The number of nitrogens with two attached hydrogens (primary N) is 1. The minimum absolute atomic E-state index is 0.0945. The molecule has 7 nitrogen and oxygen atoms in total. The van der Waals surface area contributed by atoms with Gasteiger partial charge in [-0.3, -0.25) is 9.59 Å². The lowest BCUT2D eigenvalue weighted by molar-refractivity contribution is -0.137. The molecule has 1 aliphatic rings. The highest BCUT2D eigenvalue weighted by Gasteiger charge is 2.37. The number of likely N-dealkylation sites (N-methyl/N-ethyl adjacent to an activating group) is 1. The van der Waals surface area contributed by atoms with Crippen LogP contribution in [0.25, 0.3) is 11.0 Å². The van der Waals surface area contributed by atoms with E-state index < -0.39 is 6.04 Å². The molecule has 0 saturated carbocycles. The molecule has 1 aromatic heterocycles. The number of rotatable bonds is 3. The van der Waals surface area contributed by atoms with Crippen LogP contribution < -0.4 is 11.1 Å². The molecule has 2 amide bonds. The Morgan fingerprint density at radius 1 is 1.45 bits per heavy atom. The predicted molar refractivity (Wildman–Crippen MR) is 79.9 cm³/mol. The molecule has 1 fully saturated rings. The molecule has 0 aliphatic carbocycles. The van der Waals surface area contributed by atoms with Gasteiger partial charge in [-0.15, -0.1) is 0 Å². The number of carbonyl (C=O) groups excluding carboxylic acids is 2. The molecule has 0 unspecified atom stereocenters. The van der Waals surface area contributed by atoms with Crippen LogP contribution in [0.4, 0.5) is 0 Å². The number of nitrogens with one attached hydrogen (secondary N) is 1. The second-order valence-corrected chi connectivity index (χ2v) is 5.47. The van der Waals surface area contributed by atoms with Crippen molar-refractivity contribution in [3.8, 4) is 0 Å². The summed E-state index contributed by atoms with van der Waals surface area (Å²) in [6, 6.07) is 6.69. The molecule has 2 aromatic rings. The third kappa shape index (κ3) is 2.55. The van der Waals surface area contributed by atoms with Crippen molar-refractivity contribution in [2.45, 2.75) is 24.9 Å². The lowest BCUT2D eigenvalue weighted by Crippen LogP contribution is -2.45. The van der Waals surface area contributed by atoms with Gasteiger partial charge in [0.05, 0.1) is 6.42 Å².